The van der Waals surface area contributed by atoms with Gasteiger partial charge in [0.25, 0.3) is 0 Å². The number of nitrogens with zero attached hydrogens (tertiary/aromatic N) is 1. The second-order valence-corrected chi connectivity index (χ2v) is 5.05. The molecule has 0 amide bonds. The van der Waals surface area contributed by atoms with Crippen LogP contribution in [0.25, 0.3) is 0 Å². The molecule has 1 aromatic rings. The first-order valence-electron chi connectivity index (χ1n) is 5.46. The van der Waals surface area contributed by atoms with Crippen LogP contribution in [0.3, 0.4) is 0 Å². The summed E-state index contributed by atoms with van der Waals surface area (Å²) in [6.45, 7) is 5.69. The molecule has 4 heteroatoms. The Labute approximate surface area is 94.8 Å². The molecule has 84 valence electrons. The van der Waals surface area contributed by atoms with Gasteiger partial charge in [-0.1, -0.05) is 0 Å². The number of hydrogen-bond acceptors (Lipinski definition) is 4. The zero-order chi connectivity index (χ0) is 10.5. The molecular weight excluding hydrogens is 208 g/mol. The lowest BCUT2D eigenvalue weighted by molar-refractivity contribution is 0.0346. The van der Waals surface area contributed by atoms with Crippen LogP contribution in [0.5, 0.6) is 0 Å². The summed E-state index contributed by atoms with van der Waals surface area (Å²) in [5.74, 6) is 0. The molecule has 2 N–H and O–H groups in total. The predicted octanol–water partition coefficient (Wildman–Crippen LogP) is 1.08. The number of ether oxygens (including phenoxy) is 1. The summed E-state index contributed by atoms with van der Waals surface area (Å²) in [5, 5.41) is 0. The fourth-order valence-electron chi connectivity index (χ4n) is 1.76. The summed E-state index contributed by atoms with van der Waals surface area (Å²) in [6, 6.07) is 4.43. The second kappa shape index (κ2) is 5.61. The van der Waals surface area contributed by atoms with Gasteiger partial charge in [0.1, 0.15) is 0 Å². The van der Waals surface area contributed by atoms with Crippen LogP contribution in [0.15, 0.2) is 12.1 Å². The third-order valence-electron chi connectivity index (χ3n) is 2.59. The topological polar surface area (TPSA) is 38.5 Å². The Morgan fingerprint density at radius 2 is 2.00 bits per heavy atom. The molecule has 0 bridgehead atoms. The van der Waals surface area contributed by atoms with E-state index in [1.165, 1.54) is 9.75 Å². The number of nitrogens with two attached hydrogens (primary N) is 1. The molecule has 15 heavy (non-hydrogen) atoms. The lowest BCUT2D eigenvalue weighted by Crippen LogP contribution is -2.35. The van der Waals surface area contributed by atoms with Crippen LogP contribution in [-0.2, 0) is 17.7 Å². The monoisotopic (exact) mass is 226 g/mol. The Morgan fingerprint density at radius 3 is 2.73 bits per heavy atom. The Hall–Kier alpha value is -0.420. The highest BCUT2D eigenvalue weighted by molar-refractivity contribution is 7.11. The van der Waals surface area contributed by atoms with Gasteiger partial charge in [-0.2, -0.15) is 0 Å². The van der Waals surface area contributed by atoms with Crippen LogP contribution in [0.4, 0.5) is 0 Å². The number of hydrogen-bond donors (Lipinski definition) is 1. The molecule has 0 saturated carbocycles. The van der Waals surface area contributed by atoms with Gasteiger partial charge in [0.15, 0.2) is 0 Å². The molecule has 0 radical (unpaired) electrons. The van der Waals surface area contributed by atoms with Gasteiger partial charge >= 0.3 is 0 Å². The molecule has 0 aromatic carbocycles. The second-order valence-electron chi connectivity index (χ2n) is 3.80. The van der Waals surface area contributed by atoms with Crippen molar-refractivity contribution in [3.63, 3.8) is 0 Å². The highest BCUT2D eigenvalue weighted by Crippen LogP contribution is 2.18. The van der Waals surface area contributed by atoms with Crippen LogP contribution in [0.1, 0.15) is 9.75 Å². The minimum Gasteiger partial charge on any atom is -0.379 e. The Bertz CT molecular complexity index is 295. The van der Waals surface area contributed by atoms with Gasteiger partial charge in [-0.25, -0.2) is 0 Å². The first kappa shape index (κ1) is 11.1. The van der Waals surface area contributed by atoms with Gasteiger partial charge in [-0.05, 0) is 25.1 Å². The maximum atomic E-state index is 5.53. The average molecular weight is 226 g/mol. The van der Waals surface area contributed by atoms with E-state index >= 15 is 0 Å². The molecule has 1 saturated heterocycles. The largest absolute Gasteiger partial charge is 0.379 e. The molecule has 1 aliphatic heterocycles. The van der Waals surface area contributed by atoms with Crippen LogP contribution in [-0.4, -0.2) is 37.7 Å². The van der Waals surface area contributed by atoms with E-state index in [-0.39, 0.29) is 0 Å². The highest BCUT2D eigenvalue weighted by atomic mass is 32.1. The van der Waals surface area contributed by atoms with Gasteiger partial charge < -0.3 is 10.5 Å². The lowest BCUT2D eigenvalue weighted by atomic mass is 10.3. The van der Waals surface area contributed by atoms with Crippen LogP contribution in [0, 0.1) is 0 Å². The van der Waals surface area contributed by atoms with Crippen molar-refractivity contribution in [2.75, 3.05) is 32.8 Å². The Balaban J connectivity index is 1.86. The third kappa shape index (κ3) is 3.28. The summed E-state index contributed by atoms with van der Waals surface area (Å²) in [7, 11) is 0. The van der Waals surface area contributed by atoms with E-state index in [2.05, 4.69) is 17.0 Å². The summed E-state index contributed by atoms with van der Waals surface area (Å²) >= 11 is 1.89. The molecule has 2 heterocycles. The van der Waals surface area contributed by atoms with Crippen molar-refractivity contribution in [3.05, 3.63) is 21.9 Å². The van der Waals surface area contributed by atoms with E-state index in [0.717, 1.165) is 45.8 Å². The summed E-state index contributed by atoms with van der Waals surface area (Å²) in [4.78, 5) is 5.29. The Kier molecular flexibility index (Phi) is 4.14. The van der Waals surface area contributed by atoms with Crippen molar-refractivity contribution < 1.29 is 4.74 Å². The zero-order valence-corrected chi connectivity index (χ0v) is 9.76. The number of thiophene rings is 1. The van der Waals surface area contributed by atoms with Crippen molar-refractivity contribution in [1.82, 2.24) is 4.90 Å². The quantitative estimate of drug-likeness (QED) is 0.835. The van der Waals surface area contributed by atoms with E-state index in [0.29, 0.717) is 0 Å². The van der Waals surface area contributed by atoms with Gasteiger partial charge in [-0.3, -0.25) is 4.90 Å². The number of morpholine rings is 1. The van der Waals surface area contributed by atoms with Crippen molar-refractivity contribution in [2.45, 2.75) is 13.0 Å². The van der Waals surface area contributed by atoms with Crippen molar-refractivity contribution in [3.8, 4) is 0 Å². The minimum atomic E-state index is 0.748. The van der Waals surface area contributed by atoms with Crippen LogP contribution in [0.2, 0.25) is 0 Å². The van der Waals surface area contributed by atoms with E-state index in [4.69, 9.17) is 10.5 Å². The maximum absolute atomic E-state index is 5.53. The average Bonchev–Trinajstić information content (AvgIpc) is 2.68. The lowest BCUT2D eigenvalue weighted by Gasteiger charge is -2.25. The Morgan fingerprint density at radius 1 is 1.27 bits per heavy atom. The van der Waals surface area contributed by atoms with Crippen LogP contribution >= 0.6 is 11.3 Å². The van der Waals surface area contributed by atoms with Crippen molar-refractivity contribution >= 4 is 11.3 Å². The van der Waals surface area contributed by atoms with E-state index in [1.54, 1.807) is 0 Å². The number of rotatable bonds is 4. The molecule has 1 aliphatic rings. The molecule has 2 rings (SSSR count). The fraction of sp³-hybridized carbons (Fsp3) is 0.636. The fourth-order valence-corrected chi connectivity index (χ4v) is 2.84. The smallest absolute Gasteiger partial charge is 0.0594 e. The zero-order valence-electron chi connectivity index (χ0n) is 8.95. The normalized spacial score (nSPS) is 18.2. The molecule has 0 spiro atoms. The molecule has 1 aromatic heterocycles. The summed E-state index contributed by atoms with van der Waals surface area (Å²) in [5.41, 5.74) is 5.53. The van der Waals surface area contributed by atoms with Gasteiger partial charge in [0, 0.05) is 29.4 Å². The summed E-state index contributed by atoms with van der Waals surface area (Å²) in [6.07, 6.45) is 1.01. The molecule has 1 fully saturated rings. The van der Waals surface area contributed by atoms with E-state index in [1.807, 2.05) is 11.3 Å². The van der Waals surface area contributed by atoms with Gasteiger partial charge in [0.2, 0.25) is 0 Å². The predicted molar refractivity (Wildman–Crippen MR) is 63.2 cm³/mol. The van der Waals surface area contributed by atoms with E-state index in [9.17, 15) is 0 Å². The molecular formula is C11H18N2OS. The van der Waals surface area contributed by atoms with Crippen molar-refractivity contribution in [1.29, 1.82) is 0 Å². The van der Waals surface area contributed by atoms with Crippen LogP contribution < -0.4 is 5.73 Å². The molecule has 3 nitrogen and oxygen atoms in total. The summed E-state index contributed by atoms with van der Waals surface area (Å²) < 4.78 is 5.33. The van der Waals surface area contributed by atoms with Gasteiger partial charge in [0.05, 0.1) is 13.2 Å². The molecule has 0 atom stereocenters. The first-order chi connectivity index (χ1) is 7.38. The first-order valence-corrected chi connectivity index (χ1v) is 6.28. The highest BCUT2D eigenvalue weighted by Gasteiger charge is 2.11. The maximum Gasteiger partial charge on any atom is 0.0594 e. The molecule has 0 unspecified atom stereocenters. The standard InChI is InChI=1S/C11H18N2OS/c12-4-3-10-1-2-11(15-10)9-13-5-7-14-8-6-13/h1-2H,3-9,12H2. The minimum absolute atomic E-state index is 0.748. The third-order valence-corrected chi connectivity index (χ3v) is 3.72. The SMILES string of the molecule is NCCc1ccc(CN2CCOCC2)s1. The van der Waals surface area contributed by atoms with E-state index < -0.39 is 0 Å². The van der Waals surface area contributed by atoms with Gasteiger partial charge in [-0.15, -0.1) is 11.3 Å². The van der Waals surface area contributed by atoms with Crippen molar-refractivity contribution in [2.24, 2.45) is 5.73 Å². The molecule has 0 aliphatic carbocycles.